The third-order valence-corrected chi connectivity index (χ3v) is 2.95. The summed E-state index contributed by atoms with van der Waals surface area (Å²) < 4.78 is 12.7. The molecule has 0 amide bonds. The fraction of sp³-hybridized carbons (Fsp3) is 0.308. The molecule has 0 aliphatic heterocycles. The van der Waals surface area contributed by atoms with Crippen molar-refractivity contribution in [1.82, 2.24) is 9.78 Å². The Bertz CT molecular complexity index is 569. The van der Waals surface area contributed by atoms with E-state index < -0.39 is 0 Å². The van der Waals surface area contributed by atoms with Gasteiger partial charge in [0, 0.05) is 25.4 Å². The number of aryl methyl sites for hydroxylation is 1. The van der Waals surface area contributed by atoms with Crippen LogP contribution in [0.1, 0.15) is 11.1 Å². The molecular formula is C13H16ClN3O2. The Labute approximate surface area is 116 Å². The Kier molecular flexibility index (Phi) is 4.29. The lowest BCUT2D eigenvalue weighted by Crippen LogP contribution is -2.01. The average molecular weight is 282 g/mol. The summed E-state index contributed by atoms with van der Waals surface area (Å²) in [4.78, 5) is 0. The lowest BCUT2D eigenvalue weighted by Gasteiger charge is -2.13. The van der Waals surface area contributed by atoms with Crippen molar-refractivity contribution in [1.29, 1.82) is 0 Å². The number of hydrogen-bond donors (Lipinski definition) is 1. The van der Waals surface area contributed by atoms with E-state index in [2.05, 4.69) is 5.10 Å². The van der Waals surface area contributed by atoms with Crippen LogP contribution in [-0.2, 0) is 20.2 Å². The van der Waals surface area contributed by atoms with E-state index in [9.17, 15) is 0 Å². The smallest absolute Gasteiger partial charge is 0.180 e. The quantitative estimate of drug-likeness (QED) is 0.912. The lowest BCUT2D eigenvalue weighted by molar-refractivity contribution is 0.284. The van der Waals surface area contributed by atoms with Crippen molar-refractivity contribution in [2.75, 3.05) is 7.11 Å². The van der Waals surface area contributed by atoms with Crippen molar-refractivity contribution in [2.45, 2.75) is 13.2 Å². The fourth-order valence-electron chi connectivity index (χ4n) is 1.73. The van der Waals surface area contributed by atoms with Crippen LogP contribution in [0.2, 0.25) is 5.02 Å². The zero-order chi connectivity index (χ0) is 13.8. The van der Waals surface area contributed by atoms with E-state index in [1.807, 2.05) is 19.3 Å². The van der Waals surface area contributed by atoms with Gasteiger partial charge in [-0.2, -0.15) is 5.10 Å². The van der Waals surface area contributed by atoms with Gasteiger partial charge in [0.2, 0.25) is 0 Å². The summed E-state index contributed by atoms with van der Waals surface area (Å²) in [6.07, 6.45) is 3.63. The van der Waals surface area contributed by atoms with Gasteiger partial charge in [0.05, 0.1) is 18.3 Å². The van der Waals surface area contributed by atoms with Gasteiger partial charge in [0.25, 0.3) is 0 Å². The van der Waals surface area contributed by atoms with Gasteiger partial charge >= 0.3 is 0 Å². The van der Waals surface area contributed by atoms with Crippen molar-refractivity contribution in [2.24, 2.45) is 12.8 Å². The Morgan fingerprint density at radius 1 is 1.37 bits per heavy atom. The van der Waals surface area contributed by atoms with E-state index >= 15 is 0 Å². The van der Waals surface area contributed by atoms with Crippen LogP contribution in [0.3, 0.4) is 0 Å². The zero-order valence-electron chi connectivity index (χ0n) is 10.9. The second-order valence-electron chi connectivity index (χ2n) is 4.12. The molecule has 0 spiro atoms. The molecule has 0 atom stereocenters. The van der Waals surface area contributed by atoms with Crippen LogP contribution >= 0.6 is 11.6 Å². The standard InChI is InChI=1S/C13H16ClN3O2/c1-17-7-10(6-16-17)8-19-13-11(14)3-9(5-15)4-12(13)18-2/h3-4,6-7H,5,8,15H2,1-2H3. The van der Waals surface area contributed by atoms with Gasteiger partial charge in [0.1, 0.15) is 6.61 Å². The van der Waals surface area contributed by atoms with Gasteiger partial charge in [0.15, 0.2) is 11.5 Å². The number of nitrogens with zero attached hydrogens (tertiary/aromatic N) is 2. The number of nitrogens with two attached hydrogens (primary N) is 1. The first-order valence-corrected chi connectivity index (χ1v) is 6.18. The normalized spacial score (nSPS) is 10.5. The topological polar surface area (TPSA) is 62.3 Å². The van der Waals surface area contributed by atoms with E-state index in [0.717, 1.165) is 11.1 Å². The Balaban J connectivity index is 2.19. The molecule has 2 rings (SSSR count). The highest BCUT2D eigenvalue weighted by molar-refractivity contribution is 6.32. The second-order valence-corrected chi connectivity index (χ2v) is 4.53. The molecule has 5 nitrogen and oxygen atoms in total. The van der Waals surface area contributed by atoms with Gasteiger partial charge in [-0.3, -0.25) is 4.68 Å². The molecule has 2 N–H and O–H groups in total. The molecule has 0 bridgehead atoms. The van der Waals surface area contributed by atoms with Gasteiger partial charge in [-0.1, -0.05) is 11.6 Å². The van der Waals surface area contributed by atoms with Gasteiger partial charge < -0.3 is 15.2 Å². The number of halogens is 1. The molecule has 0 unspecified atom stereocenters. The van der Waals surface area contributed by atoms with Crippen LogP contribution in [0.4, 0.5) is 0 Å². The molecule has 0 radical (unpaired) electrons. The highest BCUT2D eigenvalue weighted by Gasteiger charge is 2.12. The maximum Gasteiger partial charge on any atom is 0.180 e. The molecule has 0 aliphatic carbocycles. The minimum absolute atomic E-state index is 0.381. The number of benzene rings is 1. The first-order chi connectivity index (χ1) is 9.13. The van der Waals surface area contributed by atoms with Gasteiger partial charge in [-0.25, -0.2) is 0 Å². The average Bonchev–Trinajstić information content (AvgIpc) is 2.82. The van der Waals surface area contributed by atoms with Crippen LogP contribution in [0.5, 0.6) is 11.5 Å². The summed E-state index contributed by atoms with van der Waals surface area (Å²) >= 11 is 6.18. The van der Waals surface area contributed by atoms with E-state index in [1.54, 1.807) is 24.1 Å². The first-order valence-electron chi connectivity index (χ1n) is 5.81. The first kappa shape index (κ1) is 13.7. The monoisotopic (exact) mass is 281 g/mol. The molecule has 1 heterocycles. The molecule has 0 aliphatic rings. The summed E-state index contributed by atoms with van der Waals surface area (Å²) in [5.41, 5.74) is 7.45. The summed E-state index contributed by atoms with van der Waals surface area (Å²) in [6, 6.07) is 3.60. The van der Waals surface area contributed by atoms with Crippen LogP contribution in [0.25, 0.3) is 0 Å². The molecule has 1 aromatic carbocycles. The van der Waals surface area contributed by atoms with E-state index in [1.165, 1.54) is 0 Å². The highest BCUT2D eigenvalue weighted by Crippen LogP contribution is 2.36. The van der Waals surface area contributed by atoms with E-state index in [0.29, 0.717) is 29.7 Å². The number of ether oxygens (including phenoxy) is 2. The van der Waals surface area contributed by atoms with Crippen molar-refractivity contribution < 1.29 is 9.47 Å². The number of aromatic nitrogens is 2. The molecule has 6 heteroatoms. The van der Waals surface area contributed by atoms with Crippen LogP contribution in [-0.4, -0.2) is 16.9 Å². The minimum Gasteiger partial charge on any atom is -0.493 e. The second kappa shape index (κ2) is 5.95. The minimum atomic E-state index is 0.381. The Hall–Kier alpha value is -1.72. The lowest BCUT2D eigenvalue weighted by atomic mass is 10.2. The molecule has 1 aromatic heterocycles. The fourth-order valence-corrected chi connectivity index (χ4v) is 2.02. The summed E-state index contributed by atoms with van der Waals surface area (Å²) in [7, 11) is 3.43. The van der Waals surface area contributed by atoms with E-state index in [4.69, 9.17) is 26.8 Å². The molecule has 2 aromatic rings. The number of rotatable bonds is 5. The Morgan fingerprint density at radius 3 is 2.74 bits per heavy atom. The number of methoxy groups -OCH3 is 1. The molecule has 0 saturated carbocycles. The van der Waals surface area contributed by atoms with Gasteiger partial charge in [-0.05, 0) is 17.7 Å². The SMILES string of the molecule is COc1cc(CN)cc(Cl)c1OCc1cnn(C)c1. The highest BCUT2D eigenvalue weighted by atomic mass is 35.5. The molecule has 0 fully saturated rings. The summed E-state index contributed by atoms with van der Waals surface area (Å²) in [5.74, 6) is 1.10. The molecule has 19 heavy (non-hydrogen) atoms. The van der Waals surface area contributed by atoms with Crippen molar-refractivity contribution in [3.63, 3.8) is 0 Å². The van der Waals surface area contributed by atoms with Crippen LogP contribution in [0.15, 0.2) is 24.5 Å². The van der Waals surface area contributed by atoms with E-state index in [-0.39, 0.29) is 0 Å². The third kappa shape index (κ3) is 3.19. The third-order valence-electron chi connectivity index (χ3n) is 2.67. The summed E-state index contributed by atoms with van der Waals surface area (Å²) in [6.45, 7) is 0.783. The van der Waals surface area contributed by atoms with Crippen molar-refractivity contribution >= 4 is 11.6 Å². The van der Waals surface area contributed by atoms with Crippen molar-refractivity contribution in [3.8, 4) is 11.5 Å². The maximum atomic E-state index is 6.18. The van der Waals surface area contributed by atoms with Crippen LogP contribution < -0.4 is 15.2 Å². The maximum absolute atomic E-state index is 6.18. The summed E-state index contributed by atoms with van der Waals surface area (Å²) in [5, 5.41) is 4.57. The molecule has 102 valence electrons. The largest absolute Gasteiger partial charge is 0.493 e. The van der Waals surface area contributed by atoms with Crippen LogP contribution in [0, 0.1) is 0 Å². The van der Waals surface area contributed by atoms with Crippen molar-refractivity contribution in [3.05, 3.63) is 40.7 Å². The Morgan fingerprint density at radius 2 is 2.16 bits per heavy atom. The zero-order valence-corrected chi connectivity index (χ0v) is 11.6. The number of hydrogen-bond acceptors (Lipinski definition) is 4. The molecule has 0 saturated heterocycles. The molecular weight excluding hydrogens is 266 g/mol. The predicted molar refractivity (Wildman–Crippen MR) is 73.4 cm³/mol. The van der Waals surface area contributed by atoms with Gasteiger partial charge in [-0.15, -0.1) is 0 Å². The predicted octanol–water partition coefficient (Wildman–Crippen LogP) is 2.12.